The molecule has 1 aliphatic heterocycles. The Morgan fingerprint density at radius 2 is 1.70 bits per heavy atom. The van der Waals surface area contributed by atoms with Gasteiger partial charge in [0.2, 0.25) is 5.83 Å². The molecule has 0 aromatic heterocycles. The number of hydrogen-bond donors (Lipinski definition) is 0. The average molecular weight is 303 g/mol. The number of rotatable bonds is 2. The number of allylic oxidation sites excluding steroid dienone is 1. The highest BCUT2D eigenvalue weighted by Crippen LogP contribution is 2.29. The van der Waals surface area contributed by atoms with Gasteiger partial charge in [0.15, 0.2) is 5.83 Å². The SMILES string of the molecule is O=C(OC/C(F)=C(\F)C(F)(F)F)C(=O)N1CCOCC1. The number of carbonyl (C=O) groups excluding carboxylic acids is 2. The maximum atomic E-state index is 12.7. The van der Waals surface area contributed by atoms with Gasteiger partial charge in [-0.3, -0.25) is 4.79 Å². The molecule has 0 aromatic rings. The van der Waals surface area contributed by atoms with E-state index in [-0.39, 0.29) is 26.3 Å². The molecule has 0 bridgehead atoms. The van der Waals surface area contributed by atoms with E-state index in [4.69, 9.17) is 4.74 Å². The highest BCUT2D eigenvalue weighted by molar-refractivity contribution is 6.32. The van der Waals surface area contributed by atoms with Gasteiger partial charge in [-0.2, -0.15) is 17.6 Å². The van der Waals surface area contributed by atoms with E-state index < -0.39 is 36.3 Å². The number of alkyl halides is 3. The predicted molar refractivity (Wildman–Crippen MR) is 53.7 cm³/mol. The second kappa shape index (κ2) is 6.64. The molecule has 0 aromatic carbocycles. The Kier molecular flexibility index (Phi) is 5.43. The Labute approximate surface area is 109 Å². The van der Waals surface area contributed by atoms with E-state index in [1.165, 1.54) is 0 Å². The lowest BCUT2D eigenvalue weighted by molar-refractivity contribution is -0.162. The third-order valence-electron chi connectivity index (χ3n) is 2.29. The van der Waals surface area contributed by atoms with E-state index in [2.05, 4.69) is 4.74 Å². The molecule has 0 atom stereocenters. The first-order chi connectivity index (χ1) is 9.23. The molecule has 10 heteroatoms. The molecule has 1 amide bonds. The minimum Gasteiger partial charge on any atom is -0.451 e. The summed E-state index contributed by atoms with van der Waals surface area (Å²) in [4.78, 5) is 23.6. The topological polar surface area (TPSA) is 55.8 Å². The van der Waals surface area contributed by atoms with Gasteiger partial charge in [0.25, 0.3) is 0 Å². The molecule has 1 rings (SSSR count). The number of amides is 1. The Morgan fingerprint density at radius 1 is 1.15 bits per heavy atom. The number of hydrogen-bond acceptors (Lipinski definition) is 4. The van der Waals surface area contributed by atoms with Gasteiger partial charge in [0.05, 0.1) is 13.2 Å². The van der Waals surface area contributed by atoms with Crippen LogP contribution in [0.1, 0.15) is 0 Å². The molecular weight excluding hydrogens is 293 g/mol. The van der Waals surface area contributed by atoms with Gasteiger partial charge in [-0.05, 0) is 0 Å². The van der Waals surface area contributed by atoms with Gasteiger partial charge in [0, 0.05) is 13.1 Å². The monoisotopic (exact) mass is 303 g/mol. The van der Waals surface area contributed by atoms with E-state index in [1.807, 2.05) is 0 Å². The summed E-state index contributed by atoms with van der Waals surface area (Å²) < 4.78 is 69.3. The van der Waals surface area contributed by atoms with Crippen molar-refractivity contribution in [3.05, 3.63) is 11.7 Å². The van der Waals surface area contributed by atoms with Crippen molar-refractivity contribution in [1.82, 2.24) is 4.90 Å². The maximum Gasteiger partial charge on any atom is 0.445 e. The smallest absolute Gasteiger partial charge is 0.445 e. The largest absolute Gasteiger partial charge is 0.451 e. The van der Waals surface area contributed by atoms with Crippen LogP contribution in [0.5, 0.6) is 0 Å². The number of morpholine rings is 1. The maximum absolute atomic E-state index is 12.7. The van der Waals surface area contributed by atoms with Gasteiger partial charge in [-0.1, -0.05) is 0 Å². The fraction of sp³-hybridized carbons (Fsp3) is 0.600. The van der Waals surface area contributed by atoms with Crippen molar-refractivity contribution in [1.29, 1.82) is 0 Å². The minimum atomic E-state index is -5.51. The fourth-order valence-corrected chi connectivity index (χ4v) is 1.30. The lowest BCUT2D eigenvalue weighted by Crippen LogP contribution is -2.44. The normalized spacial score (nSPS) is 17.6. The highest BCUT2D eigenvalue weighted by atomic mass is 19.4. The number of ether oxygens (including phenoxy) is 2. The van der Waals surface area contributed by atoms with Crippen molar-refractivity contribution in [2.45, 2.75) is 6.18 Å². The summed E-state index contributed by atoms with van der Waals surface area (Å²) in [7, 11) is 0. The first-order valence-corrected chi connectivity index (χ1v) is 5.38. The Bertz CT molecular complexity index is 414. The molecule has 1 saturated heterocycles. The minimum absolute atomic E-state index is 0.100. The summed E-state index contributed by atoms with van der Waals surface area (Å²) in [6, 6.07) is 0. The zero-order valence-corrected chi connectivity index (χ0v) is 10.0. The van der Waals surface area contributed by atoms with Gasteiger partial charge in [0.1, 0.15) is 6.61 Å². The Hall–Kier alpha value is -1.71. The first kappa shape index (κ1) is 16.3. The summed E-state index contributed by atoms with van der Waals surface area (Å²) in [5, 5.41) is 0. The third-order valence-corrected chi connectivity index (χ3v) is 2.29. The number of carbonyl (C=O) groups is 2. The van der Waals surface area contributed by atoms with Gasteiger partial charge < -0.3 is 14.4 Å². The third kappa shape index (κ3) is 4.44. The van der Waals surface area contributed by atoms with Crippen LogP contribution in [0.4, 0.5) is 22.0 Å². The highest BCUT2D eigenvalue weighted by Gasteiger charge is 2.38. The lowest BCUT2D eigenvalue weighted by Gasteiger charge is -2.25. The van der Waals surface area contributed by atoms with Crippen LogP contribution in [0, 0.1) is 0 Å². The van der Waals surface area contributed by atoms with E-state index in [0.717, 1.165) is 4.90 Å². The van der Waals surface area contributed by atoms with Gasteiger partial charge >= 0.3 is 18.1 Å². The molecule has 1 fully saturated rings. The molecule has 5 nitrogen and oxygen atoms in total. The molecule has 0 radical (unpaired) electrons. The van der Waals surface area contributed by atoms with Crippen LogP contribution in [-0.4, -0.2) is 55.9 Å². The van der Waals surface area contributed by atoms with E-state index >= 15 is 0 Å². The van der Waals surface area contributed by atoms with E-state index in [9.17, 15) is 31.5 Å². The standard InChI is InChI=1S/C10H10F5NO4/c11-6(7(12)10(13,14)15)5-20-9(18)8(17)16-1-3-19-4-2-16/h1-5H2/b7-6+. The Balaban J connectivity index is 2.52. The molecule has 0 saturated carbocycles. The summed E-state index contributed by atoms with van der Waals surface area (Å²) in [6.07, 6.45) is -5.51. The summed E-state index contributed by atoms with van der Waals surface area (Å²) in [5.41, 5.74) is 0. The summed E-state index contributed by atoms with van der Waals surface area (Å²) >= 11 is 0. The van der Waals surface area contributed by atoms with E-state index in [1.54, 1.807) is 0 Å². The first-order valence-electron chi connectivity index (χ1n) is 5.38. The van der Waals surface area contributed by atoms with Crippen LogP contribution in [0.15, 0.2) is 11.7 Å². The van der Waals surface area contributed by atoms with Gasteiger partial charge in [-0.15, -0.1) is 0 Å². The second-order valence-corrected chi connectivity index (χ2v) is 3.70. The van der Waals surface area contributed by atoms with Crippen molar-refractivity contribution >= 4 is 11.9 Å². The summed E-state index contributed by atoms with van der Waals surface area (Å²) in [6.45, 7) is -1.02. The van der Waals surface area contributed by atoms with Crippen LogP contribution < -0.4 is 0 Å². The van der Waals surface area contributed by atoms with Crippen molar-refractivity contribution in [3.63, 3.8) is 0 Å². The zero-order chi connectivity index (χ0) is 15.3. The molecule has 20 heavy (non-hydrogen) atoms. The number of halogens is 5. The predicted octanol–water partition coefficient (Wildman–Crippen LogP) is 1.10. The summed E-state index contributed by atoms with van der Waals surface area (Å²) in [5.74, 6) is -8.00. The van der Waals surface area contributed by atoms with Crippen LogP contribution >= 0.6 is 0 Å². The van der Waals surface area contributed by atoms with Gasteiger partial charge in [-0.25, -0.2) is 9.18 Å². The zero-order valence-electron chi connectivity index (χ0n) is 10.0. The molecule has 0 aliphatic carbocycles. The number of esters is 1. The van der Waals surface area contributed by atoms with Crippen molar-refractivity contribution in [2.75, 3.05) is 32.9 Å². The lowest BCUT2D eigenvalue weighted by atomic mass is 10.4. The van der Waals surface area contributed by atoms with Crippen LogP contribution in [0.3, 0.4) is 0 Å². The van der Waals surface area contributed by atoms with Crippen molar-refractivity contribution in [2.24, 2.45) is 0 Å². The van der Waals surface area contributed by atoms with Crippen LogP contribution in [-0.2, 0) is 19.1 Å². The quantitative estimate of drug-likeness (QED) is 0.435. The second-order valence-electron chi connectivity index (χ2n) is 3.70. The molecule has 0 spiro atoms. The fourth-order valence-electron chi connectivity index (χ4n) is 1.30. The molecule has 1 aliphatic rings. The van der Waals surface area contributed by atoms with Crippen LogP contribution in [0.25, 0.3) is 0 Å². The van der Waals surface area contributed by atoms with Crippen molar-refractivity contribution in [3.8, 4) is 0 Å². The van der Waals surface area contributed by atoms with Crippen molar-refractivity contribution < 1.29 is 41.0 Å². The number of nitrogens with zero attached hydrogens (tertiary/aromatic N) is 1. The van der Waals surface area contributed by atoms with Crippen LogP contribution in [0.2, 0.25) is 0 Å². The molecule has 114 valence electrons. The molecular formula is C10H10F5NO4. The molecule has 1 heterocycles. The molecule has 0 unspecified atom stereocenters. The average Bonchev–Trinajstić information content (AvgIpc) is 2.42. The van der Waals surface area contributed by atoms with E-state index in [0.29, 0.717) is 0 Å². The Morgan fingerprint density at radius 3 is 2.20 bits per heavy atom. The molecule has 0 N–H and O–H groups in total.